The van der Waals surface area contributed by atoms with E-state index in [0.29, 0.717) is 23.5 Å². The first kappa shape index (κ1) is 24.3. The Balaban J connectivity index is 1.38. The lowest BCUT2D eigenvalue weighted by molar-refractivity contribution is 0.248. The van der Waals surface area contributed by atoms with Crippen LogP contribution in [-0.4, -0.2) is 37.7 Å². The van der Waals surface area contributed by atoms with Gasteiger partial charge in [-0.15, -0.1) is 0 Å². The fourth-order valence-corrected chi connectivity index (χ4v) is 5.06. The normalized spacial score (nSPS) is 14.6. The van der Waals surface area contributed by atoms with Crippen molar-refractivity contribution >= 4 is 28.5 Å². The Bertz CT molecular complexity index is 1600. The lowest BCUT2D eigenvalue weighted by Crippen LogP contribution is -2.16. The van der Waals surface area contributed by atoms with Crippen molar-refractivity contribution in [2.24, 2.45) is 0 Å². The average Bonchev–Trinajstić information content (AvgIpc) is 3.51. The Morgan fingerprint density at radius 3 is 2.76 bits per heavy atom. The summed E-state index contributed by atoms with van der Waals surface area (Å²) in [6, 6.07) is 18.0. The van der Waals surface area contributed by atoms with E-state index in [4.69, 9.17) is 26.3 Å². The summed E-state index contributed by atoms with van der Waals surface area (Å²) < 4.78 is 22.1. The number of fused-ring (bicyclic) bond motifs is 2. The predicted octanol–water partition coefficient (Wildman–Crippen LogP) is 6.74. The lowest BCUT2D eigenvalue weighted by Gasteiger charge is -2.18. The molecule has 0 saturated heterocycles. The zero-order valence-electron chi connectivity index (χ0n) is 20.9. The molecule has 1 atom stereocenters. The number of hydrogen-bond donors (Lipinski definition) is 1. The predicted molar refractivity (Wildman–Crippen MR) is 147 cm³/mol. The molecule has 6 rings (SSSR count). The number of nitrogens with one attached hydrogen (secondary N) is 1. The largest absolute Gasteiger partial charge is 0.474 e. The van der Waals surface area contributed by atoms with Crippen molar-refractivity contribution in [2.45, 2.75) is 32.2 Å². The van der Waals surface area contributed by atoms with Crippen LogP contribution in [0.25, 0.3) is 33.5 Å². The number of benzene rings is 2. The molecule has 1 aliphatic heterocycles. The van der Waals surface area contributed by atoms with E-state index in [1.54, 1.807) is 18.3 Å². The number of ether oxygens (including phenoxy) is 1. The molecule has 4 heterocycles. The molecule has 0 bridgehead atoms. The molecule has 192 valence electrons. The summed E-state index contributed by atoms with van der Waals surface area (Å²) in [4.78, 5) is 18.8. The van der Waals surface area contributed by atoms with Crippen LogP contribution in [0.15, 0.2) is 66.9 Å². The molecule has 5 aromatic rings. The highest BCUT2D eigenvalue weighted by Gasteiger charge is 2.31. The quantitative estimate of drug-likeness (QED) is 0.240. The summed E-state index contributed by atoms with van der Waals surface area (Å²) in [6.07, 6.45) is 4.35. The Kier molecular flexibility index (Phi) is 6.64. The summed E-state index contributed by atoms with van der Waals surface area (Å²) in [5.41, 5.74) is 4.01. The zero-order valence-corrected chi connectivity index (χ0v) is 21.6. The first-order valence-corrected chi connectivity index (χ1v) is 13.1. The van der Waals surface area contributed by atoms with Crippen molar-refractivity contribution in [3.05, 3.63) is 83.5 Å². The van der Waals surface area contributed by atoms with Crippen molar-refractivity contribution in [1.82, 2.24) is 24.5 Å². The Labute approximate surface area is 224 Å². The Hall–Kier alpha value is -4.04. The number of pyridine rings is 1. The van der Waals surface area contributed by atoms with E-state index in [9.17, 15) is 4.39 Å². The van der Waals surface area contributed by atoms with Gasteiger partial charge in [0.1, 0.15) is 23.3 Å². The number of imidazole rings is 1. The number of para-hydroxylation sites is 1. The SMILES string of the molecule is CCCNc1nccc(-c2c(-c3ccc(F)cc3)nc3n2C(COc2nc4ccccc4cc2Cl)CC3)n1. The van der Waals surface area contributed by atoms with Gasteiger partial charge < -0.3 is 14.6 Å². The van der Waals surface area contributed by atoms with E-state index in [2.05, 4.69) is 26.8 Å². The van der Waals surface area contributed by atoms with Gasteiger partial charge in [0.05, 0.1) is 28.6 Å². The second kappa shape index (κ2) is 10.4. The van der Waals surface area contributed by atoms with Crippen molar-refractivity contribution in [2.75, 3.05) is 18.5 Å². The fourth-order valence-electron chi connectivity index (χ4n) is 4.85. The molecule has 9 heteroatoms. The summed E-state index contributed by atoms with van der Waals surface area (Å²) in [5.74, 6) is 1.61. The maximum absolute atomic E-state index is 13.7. The first-order valence-electron chi connectivity index (χ1n) is 12.7. The molecular weight excluding hydrogens is 503 g/mol. The monoisotopic (exact) mass is 528 g/mol. The molecule has 0 spiro atoms. The topological polar surface area (TPSA) is 77.8 Å². The Morgan fingerprint density at radius 2 is 1.92 bits per heavy atom. The van der Waals surface area contributed by atoms with Gasteiger partial charge in [-0.2, -0.15) is 0 Å². The van der Waals surface area contributed by atoms with Crippen LogP contribution in [0.3, 0.4) is 0 Å². The molecule has 0 radical (unpaired) electrons. The molecule has 2 aromatic carbocycles. The van der Waals surface area contributed by atoms with Crippen LogP contribution in [0.2, 0.25) is 5.02 Å². The molecule has 1 unspecified atom stereocenters. The maximum Gasteiger partial charge on any atom is 0.233 e. The van der Waals surface area contributed by atoms with Gasteiger partial charge in [-0.25, -0.2) is 24.3 Å². The van der Waals surface area contributed by atoms with Gasteiger partial charge in [0, 0.05) is 30.1 Å². The number of hydrogen-bond acceptors (Lipinski definition) is 6. The second-order valence-electron chi connectivity index (χ2n) is 9.27. The van der Waals surface area contributed by atoms with Gasteiger partial charge in [0.25, 0.3) is 0 Å². The van der Waals surface area contributed by atoms with Crippen LogP contribution < -0.4 is 10.1 Å². The molecule has 0 aliphatic carbocycles. The smallest absolute Gasteiger partial charge is 0.233 e. The van der Waals surface area contributed by atoms with Crippen LogP contribution >= 0.6 is 11.6 Å². The number of halogens is 2. The van der Waals surface area contributed by atoms with Gasteiger partial charge >= 0.3 is 0 Å². The van der Waals surface area contributed by atoms with Crippen LogP contribution in [0.1, 0.15) is 31.6 Å². The molecule has 0 amide bonds. The van der Waals surface area contributed by atoms with E-state index in [1.165, 1.54) is 12.1 Å². The number of rotatable bonds is 8. The van der Waals surface area contributed by atoms with Crippen molar-refractivity contribution in [3.8, 4) is 28.5 Å². The highest BCUT2D eigenvalue weighted by molar-refractivity contribution is 6.32. The molecule has 1 N–H and O–H groups in total. The molecular formula is C29H26ClFN6O. The summed E-state index contributed by atoms with van der Waals surface area (Å²) in [5, 5.41) is 4.70. The van der Waals surface area contributed by atoms with E-state index in [-0.39, 0.29) is 11.9 Å². The maximum atomic E-state index is 13.7. The van der Waals surface area contributed by atoms with E-state index in [0.717, 1.165) is 65.2 Å². The minimum atomic E-state index is -0.291. The van der Waals surface area contributed by atoms with Crippen LogP contribution in [0.5, 0.6) is 5.88 Å². The zero-order chi connectivity index (χ0) is 26.1. The molecule has 38 heavy (non-hydrogen) atoms. The third-order valence-electron chi connectivity index (χ3n) is 6.66. The van der Waals surface area contributed by atoms with Crippen LogP contribution in [0, 0.1) is 5.82 Å². The number of aromatic nitrogens is 5. The van der Waals surface area contributed by atoms with Crippen LogP contribution in [-0.2, 0) is 6.42 Å². The third kappa shape index (κ3) is 4.67. The number of anilines is 1. The summed E-state index contributed by atoms with van der Waals surface area (Å²) in [6.45, 7) is 3.24. The number of aryl methyl sites for hydroxylation is 1. The van der Waals surface area contributed by atoms with Crippen molar-refractivity contribution in [1.29, 1.82) is 0 Å². The fraction of sp³-hybridized carbons (Fsp3) is 0.241. The number of nitrogens with zero attached hydrogens (tertiary/aromatic N) is 5. The summed E-state index contributed by atoms with van der Waals surface area (Å²) >= 11 is 6.51. The average molecular weight is 529 g/mol. The summed E-state index contributed by atoms with van der Waals surface area (Å²) in [7, 11) is 0. The van der Waals surface area contributed by atoms with Crippen LogP contribution in [0.4, 0.5) is 10.3 Å². The molecule has 0 saturated carbocycles. The molecule has 1 aliphatic rings. The second-order valence-corrected chi connectivity index (χ2v) is 9.67. The van der Waals surface area contributed by atoms with Gasteiger partial charge in [-0.05, 0) is 55.3 Å². The highest BCUT2D eigenvalue weighted by Crippen LogP contribution is 2.40. The van der Waals surface area contributed by atoms with Crippen molar-refractivity contribution < 1.29 is 9.13 Å². The van der Waals surface area contributed by atoms with Gasteiger partial charge in [-0.1, -0.05) is 36.7 Å². The lowest BCUT2D eigenvalue weighted by atomic mass is 10.1. The molecule has 7 nitrogen and oxygen atoms in total. The van der Waals surface area contributed by atoms with Gasteiger partial charge in [0.2, 0.25) is 11.8 Å². The van der Waals surface area contributed by atoms with E-state index in [1.807, 2.05) is 36.4 Å². The minimum absolute atomic E-state index is 0.00643. The van der Waals surface area contributed by atoms with Crippen molar-refractivity contribution in [3.63, 3.8) is 0 Å². The Morgan fingerprint density at radius 1 is 1.08 bits per heavy atom. The third-order valence-corrected chi connectivity index (χ3v) is 6.93. The van der Waals surface area contributed by atoms with Gasteiger partial charge in [-0.3, -0.25) is 0 Å². The first-order chi connectivity index (χ1) is 18.6. The molecule has 0 fully saturated rings. The minimum Gasteiger partial charge on any atom is -0.474 e. The van der Waals surface area contributed by atoms with Gasteiger partial charge in [0.15, 0.2) is 0 Å². The highest BCUT2D eigenvalue weighted by atomic mass is 35.5. The van der Waals surface area contributed by atoms with E-state index >= 15 is 0 Å². The van der Waals surface area contributed by atoms with E-state index < -0.39 is 0 Å². The molecule has 3 aromatic heterocycles. The standard InChI is InChI=1S/C29H26ClFN6O/c1-2-14-32-29-33-15-13-24(35-29)27-26(18-7-9-20(31)10-8-18)36-25-12-11-21(37(25)27)17-38-28-22(30)16-19-5-3-4-6-23(19)34-28/h3-10,13,15-16,21H,2,11-12,14,17H2,1H3,(H,32,33,35).